The summed E-state index contributed by atoms with van der Waals surface area (Å²) in [6, 6.07) is 19.2. The van der Waals surface area contributed by atoms with Gasteiger partial charge in [-0.2, -0.15) is 5.26 Å². The molecule has 28 heavy (non-hydrogen) atoms. The first-order chi connectivity index (χ1) is 13.7. The number of aromatic nitrogens is 1. The summed E-state index contributed by atoms with van der Waals surface area (Å²) >= 11 is 0. The van der Waals surface area contributed by atoms with Crippen molar-refractivity contribution in [1.29, 1.82) is 5.26 Å². The van der Waals surface area contributed by atoms with E-state index in [4.69, 9.17) is 9.47 Å². The fourth-order valence-corrected chi connectivity index (χ4v) is 3.06. The summed E-state index contributed by atoms with van der Waals surface area (Å²) in [5.74, 6) is 0.899. The largest absolute Gasteiger partial charge is 0.457 e. The molecule has 0 radical (unpaired) electrons. The van der Waals surface area contributed by atoms with Gasteiger partial charge in [0.1, 0.15) is 29.1 Å². The number of rotatable bonds is 4. The number of morpholine rings is 1. The van der Waals surface area contributed by atoms with E-state index >= 15 is 0 Å². The van der Waals surface area contributed by atoms with Crippen LogP contribution in [0.4, 0.5) is 10.1 Å². The molecule has 1 fully saturated rings. The average Bonchev–Trinajstić information content (AvgIpc) is 2.76. The maximum atomic E-state index is 13.0. The second-order valence-corrected chi connectivity index (χ2v) is 6.39. The Bertz CT molecular complexity index is 992. The molecule has 2 heterocycles. The van der Waals surface area contributed by atoms with E-state index in [2.05, 4.69) is 16.0 Å². The second-order valence-electron chi connectivity index (χ2n) is 6.39. The van der Waals surface area contributed by atoms with E-state index in [1.807, 2.05) is 30.3 Å². The molecule has 0 bridgehead atoms. The predicted octanol–water partition coefficient (Wildman–Crippen LogP) is 4.39. The van der Waals surface area contributed by atoms with Crippen molar-refractivity contribution >= 4 is 5.69 Å². The van der Waals surface area contributed by atoms with E-state index in [-0.39, 0.29) is 5.82 Å². The second kappa shape index (κ2) is 8.07. The molecule has 0 saturated carbocycles. The highest BCUT2D eigenvalue weighted by atomic mass is 19.1. The van der Waals surface area contributed by atoms with Crippen LogP contribution in [0.5, 0.6) is 11.5 Å². The lowest BCUT2D eigenvalue weighted by atomic mass is 10.1. The molecule has 3 aromatic rings. The minimum absolute atomic E-state index is 0.304. The highest BCUT2D eigenvalue weighted by molar-refractivity contribution is 5.67. The number of ether oxygens (including phenoxy) is 2. The third kappa shape index (κ3) is 4.11. The third-order valence-corrected chi connectivity index (χ3v) is 4.50. The zero-order valence-corrected chi connectivity index (χ0v) is 15.1. The van der Waals surface area contributed by atoms with Crippen LogP contribution in [0.15, 0.2) is 60.7 Å². The van der Waals surface area contributed by atoms with Crippen molar-refractivity contribution in [2.45, 2.75) is 0 Å². The Balaban J connectivity index is 1.58. The molecule has 1 saturated heterocycles. The Morgan fingerprint density at radius 3 is 2.25 bits per heavy atom. The topological polar surface area (TPSA) is 58.4 Å². The Morgan fingerprint density at radius 2 is 1.61 bits per heavy atom. The van der Waals surface area contributed by atoms with Gasteiger partial charge in [-0.05, 0) is 60.7 Å². The molecule has 0 aliphatic carbocycles. The lowest BCUT2D eigenvalue weighted by Crippen LogP contribution is -2.36. The van der Waals surface area contributed by atoms with Crippen LogP contribution in [0, 0.1) is 17.1 Å². The molecule has 0 amide bonds. The summed E-state index contributed by atoms with van der Waals surface area (Å²) in [6.45, 7) is 2.93. The van der Waals surface area contributed by atoms with Crippen LogP contribution >= 0.6 is 0 Å². The first-order valence-electron chi connectivity index (χ1n) is 9.00. The quantitative estimate of drug-likeness (QED) is 0.677. The van der Waals surface area contributed by atoms with Crippen molar-refractivity contribution in [3.05, 3.63) is 72.2 Å². The lowest BCUT2D eigenvalue weighted by molar-refractivity contribution is 0.122. The SMILES string of the molecule is N#Cc1cc(N2CCOCC2)cc(-c2ccc(Oc3ccc(F)cc3)cc2)n1. The number of hydrogen-bond acceptors (Lipinski definition) is 5. The minimum Gasteiger partial charge on any atom is -0.457 e. The van der Waals surface area contributed by atoms with Crippen molar-refractivity contribution in [3.63, 3.8) is 0 Å². The van der Waals surface area contributed by atoms with E-state index in [0.29, 0.717) is 30.4 Å². The van der Waals surface area contributed by atoms with Crippen LogP contribution in [0.25, 0.3) is 11.3 Å². The highest BCUT2D eigenvalue weighted by Gasteiger charge is 2.14. The van der Waals surface area contributed by atoms with Gasteiger partial charge in [0.2, 0.25) is 0 Å². The Hall–Kier alpha value is -3.43. The molecule has 5 nitrogen and oxygen atoms in total. The van der Waals surface area contributed by atoms with Crippen molar-refractivity contribution in [2.24, 2.45) is 0 Å². The molecule has 0 spiro atoms. The fourth-order valence-electron chi connectivity index (χ4n) is 3.06. The van der Waals surface area contributed by atoms with Gasteiger partial charge in [0.15, 0.2) is 0 Å². The normalized spacial score (nSPS) is 13.8. The van der Waals surface area contributed by atoms with Crippen LogP contribution < -0.4 is 9.64 Å². The summed E-state index contributed by atoms with van der Waals surface area (Å²) in [7, 11) is 0. The first-order valence-corrected chi connectivity index (χ1v) is 9.00. The summed E-state index contributed by atoms with van der Waals surface area (Å²) in [5.41, 5.74) is 2.97. The van der Waals surface area contributed by atoms with Crippen LogP contribution in [-0.4, -0.2) is 31.3 Å². The molecule has 0 atom stereocenters. The number of nitriles is 1. The van der Waals surface area contributed by atoms with Gasteiger partial charge in [-0.3, -0.25) is 0 Å². The molecule has 0 unspecified atom stereocenters. The highest BCUT2D eigenvalue weighted by Crippen LogP contribution is 2.28. The summed E-state index contributed by atoms with van der Waals surface area (Å²) in [6.07, 6.45) is 0. The van der Waals surface area contributed by atoms with E-state index in [1.165, 1.54) is 12.1 Å². The number of halogens is 1. The van der Waals surface area contributed by atoms with E-state index in [0.717, 1.165) is 30.0 Å². The molecule has 6 heteroatoms. The summed E-state index contributed by atoms with van der Waals surface area (Å²) < 4.78 is 24.1. The van der Waals surface area contributed by atoms with Gasteiger partial charge in [0.05, 0.1) is 18.9 Å². The molecule has 1 aromatic heterocycles. The fraction of sp³-hybridized carbons (Fsp3) is 0.182. The van der Waals surface area contributed by atoms with Crippen molar-refractivity contribution < 1.29 is 13.9 Å². The van der Waals surface area contributed by atoms with Crippen LogP contribution in [0.2, 0.25) is 0 Å². The minimum atomic E-state index is -0.304. The monoisotopic (exact) mass is 375 g/mol. The van der Waals surface area contributed by atoms with Crippen LogP contribution in [0.3, 0.4) is 0 Å². The van der Waals surface area contributed by atoms with Crippen LogP contribution in [0.1, 0.15) is 5.69 Å². The zero-order chi connectivity index (χ0) is 19.3. The zero-order valence-electron chi connectivity index (χ0n) is 15.1. The predicted molar refractivity (Wildman–Crippen MR) is 104 cm³/mol. The smallest absolute Gasteiger partial charge is 0.143 e. The summed E-state index contributed by atoms with van der Waals surface area (Å²) in [5, 5.41) is 9.36. The van der Waals surface area contributed by atoms with E-state index < -0.39 is 0 Å². The number of nitrogens with zero attached hydrogens (tertiary/aromatic N) is 3. The summed E-state index contributed by atoms with van der Waals surface area (Å²) in [4.78, 5) is 6.63. The van der Waals surface area contributed by atoms with Gasteiger partial charge in [-0.1, -0.05) is 0 Å². The standard InChI is InChI=1S/C22H18FN3O2/c23-17-3-7-21(8-4-17)28-20-5-1-16(2-6-20)22-14-19(13-18(15-24)25-22)26-9-11-27-12-10-26/h1-8,13-14H,9-12H2. The lowest BCUT2D eigenvalue weighted by Gasteiger charge is -2.29. The third-order valence-electron chi connectivity index (χ3n) is 4.50. The number of anilines is 1. The van der Waals surface area contributed by atoms with Gasteiger partial charge in [0.25, 0.3) is 0 Å². The molecule has 2 aromatic carbocycles. The first kappa shape index (κ1) is 18.0. The Kier molecular flexibility index (Phi) is 5.18. The molecule has 4 rings (SSSR count). The van der Waals surface area contributed by atoms with Gasteiger partial charge >= 0.3 is 0 Å². The molecule has 1 aliphatic rings. The molecule has 140 valence electrons. The van der Waals surface area contributed by atoms with Crippen LogP contribution in [-0.2, 0) is 4.74 Å². The van der Waals surface area contributed by atoms with Crippen molar-refractivity contribution in [1.82, 2.24) is 4.98 Å². The molecular formula is C22H18FN3O2. The number of benzene rings is 2. The van der Waals surface area contributed by atoms with Crippen molar-refractivity contribution in [2.75, 3.05) is 31.2 Å². The van der Waals surface area contributed by atoms with Crippen molar-refractivity contribution in [3.8, 4) is 28.8 Å². The Morgan fingerprint density at radius 1 is 0.964 bits per heavy atom. The molecular weight excluding hydrogens is 357 g/mol. The van der Waals surface area contributed by atoms with Gasteiger partial charge in [0, 0.05) is 24.3 Å². The van der Waals surface area contributed by atoms with Gasteiger partial charge in [-0.25, -0.2) is 9.37 Å². The molecule has 1 aliphatic heterocycles. The van der Waals surface area contributed by atoms with E-state index in [9.17, 15) is 9.65 Å². The Labute approximate surface area is 162 Å². The number of hydrogen-bond donors (Lipinski definition) is 0. The molecule has 0 N–H and O–H groups in total. The maximum absolute atomic E-state index is 13.0. The number of pyridine rings is 1. The maximum Gasteiger partial charge on any atom is 0.143 e. The van der Waals surface area contributed by atoms with Gasteiger partial charge < -0.3 is 14.4 Å². The van der Waals surface area contributed by atoms with E-state index in [1.54, 1.807) is 18.2 Å². The average molecular weight is 375 g/mol. The van der Waals surface area contributed by atoms with Gasteiger partial charge in [-0.15, -0.1) is 0 Å².